The van der Waals surface area contributed by atoms with Gasteiger partial charge in [0.05, 0.1) is 12.7 Å². The molecule has 0 aromatic heterocycles. The minimum absolute atomic E-state index is 0.205. The van der Waals surface area contributed by atoms with Gasteiger partial charge in [0, 0.05) is 25.2 Å². The van der Waals surface area contributed by atoms with E-state index in [1.165, 1.54) is 12.0 Å². The third-order valence-electron chi connectivity index (χ3n) is 5.35. The number of piperidine rings is 2. The van der Waals surface area contributed by atoms with Crippen LogP contribution in [0.2, 0.25) is 0 Å². The van der Waals surface area contributed by atoms with E-state index in [1.54, 1.807) is 7.11 Å². The summed E-state index contributed by atoms with van der Waals surface area (Å²) in [5, 5.41) is 10.4. The van der Waals surface area contributed by atoms with Gasteiger partial charge in [-0.05, 0) is 37.7 Å². The van der Waals surface area contributed by atoms with Gasteiger partial charge in [-0.2, -0.15) is 0 Å². The third-order valence-corrected chi connectivity index (χ3v) is 5.35. The lowest BCUT2D eigenvalue weighted by atomic mass is 9.72. The van der Waals surface area contributed by atoms with E-state index in [9.17, 15) is 5.11 Å². The summed E-state index contributed by atoms with van der Waals surface area (Å²) >= 11 is 0. The lowest BCUT2D eigenvalue weighted by Gasteiger charge is -2.55. The maximum atomic E-state index is 10.4. The van der Waals surface area contributed by atoms with Crippen molar-refractivity contribution in [3.63, 3.8) is 0 Å². The molecule has 0 radical (unpaired) electrons. The molecule has 2 aliphatic heterocycles. The summed E-state index contributed by atoms with van der Waals surface area (Å²) in [6.07, 6.45) is 2.98. The topological polar surface area (TPSA) is 41.9 Å². The molecule has 4 heteroatoms. The molecule has 122 valence electrons. The average Bonchev–Trinajstić information content (AvgIpc) is 2.56. The Kier molecular flexibility index (Phi) is 5.14. The number of aliphatic hydroxyl groups excluding tert-OH is 1. The fourth-order valence-electron chi connectivity index (χ4n) is 4.30. The van der Waals surface area contributed by atoms with Crippen LogP contribution in [0.5, 0.6) is 0 Å². The highest BCUT2D eigenvalue weighted by Crippen LogP contribution is 2.44. The Labute approximate surface area is 133 Å². The van der Waals surface area contributed by atoms with Crippen LogP contribution in [0.3, 0.4) is 0 Å². The van der Waals surface area contributed by atoms with Gasteiger partial charge in [0.2, 0.25) is 0 Å². The number of rotatable bonds is 6. The van der Waals surface area contributed by atoms with E-state index in [0.29, 0.717) is 31.4 Å². The summed E-state index contributed by atoms with van der Waals surface area (Å²) in [6, 6.07) is 11.5. The lowest BCUT2D eigenvalue weighted by molar-refractivity contribution is -0.142. The third kappa shape index (κ3) is 3.06. The van der Waals surface area contributed by atoms with Crippen LogP contribution < -0.4 is 0 Å². The van der Waals surface area contributed by atoms with Gasteiger partial charge in [0.25, 0.3) is 0 Å². The molecular formula is C18H27NO3. The summed E-state index contributed by atoms with van der Waals surface area (Å²) in [4.78, 5) is 2.49. The SMILES string of the molecule is COCOCC1C2CCC(C(O)C2)N1[C@H](C)c1ccccc1. The molecule has 1 N–H and O–H groups in total. The van der Waals surface area contributed by atoms with Crippen molar-refractivity contribution in [2.24, 2.45) is 5.92 Å². The number of ether oxygens (including phenoxy) is 2. The molecule has 4 nitrogen and oxygen atoms in total. The maximum Gasteiger partial charge on any atom is 0.146 e. The van der Waals surface area contributed by atoms with Crippen molar-refractivity contribution in [3.8, 4) is 0 Å². The van der Waals surface area contributed by atoms with Gasteiger partial charge in [0.15, 0.2) is 0 Å². The first-order chi connectivity index (χ1) is 10.7. The standard InChI is InChI=1S/C18H27NO3/c1-13(14-6-4-3-5-7-14)19-16-9-8-15(10-18(16)20)17(19)11-22-12-21-2/h3-7,13,15-18,20H,8-12H2,1-2H3/t13-,15?,16?,17?,18?/m1/s1. The summed E-state index contributed by atoms with van der Waals surface area (Å²) in [7, 11) is 1.65. The largest absolute Gasteiger partial charge is 0.391 e. The van der Waals surface area contributed by atoms with Crippen LogP contribution in [0.1, 0.15) is 37.8 Å². The van der Waals surface area contributed by atoms with Crippen molar-refractivity contribution in [1.82, 2.24) is 4.90 Å². The first-order valence-corrected chi connectivity index (χ1v) is 8.29. The van der Waals surface area contributed by atoms with E-state index in [1.807, 2.05) is 6.07 Å². The van der Waals surface area contributed by atoms with Crippen LogP contribution in [0, 0.1) is 5.92 Å². The predicted octanol–water partition coefficient (Wildman–Crippen LogP) is 2.58. The minimum Gasteiger partial charge on any atom is -0.391 e. The second-order valence-electron chi connectivity index (χ2n) is 6.59. The predicted molar refractivity (Wildman–Crippen MR) is 85.4 cm³/mol. The number of methoxy groups -OCH3 is 1. The molecule has 3 aliphatic rings. The van der Waals surface area contributed by atoms with E-state index >= 15 is 0 Å². The molecule has 3 fully saturated rings. The van der Waals surface area contributed by atoms with Crippen molar-refractivity contribution in [2.75, 3.05) is 20.5 Å². The first-order valence-electron chi connectivity index (χ1n) is 8.29. The lowest BCUT2D eigenvalue weighted by Crippen LogP contribution is -2.62. The van der Waals surface area contributed by atoms with Gasteiger partial charge < -0.3 is 14.6 Å². The van der Waals surface area contributed by atoms with Gasteiger partial charge in [-0.25, -0.2) is 0 Å². The van der Waals surface area contributed by atoms with Crippen molar-refractivity contribution in [1.29, 1.82) is 0 Å². The van der Waals surface area contributed by atoms with Crippen molar-refractivity contribution >= 4 is 0 Å². The molecule has 1 aromatic rings. The number of benzene rings is 1. The van der Waals surface area contributed by atoms with Gasteiger partial charge in [-0.15, -0.1) is 0 Å². The Morgan fingerprint density at radius 1 is 1.27 bits per heavy atom. The van der Waals surface area contributed by atoms with Gasteiger partial charge >= 0.3 is 0 Å². The molecule has 1 aromatic carbocycles. The summed E-state index contributed by atoms with van der Waals surface area (Å²) in [5.74, 6) is 0.517. The van der Waals surface area contributed by atoms with Crippen molar-refractivity contribution < 1.29 is 14.6 Å². The summed E-state index contributed by atoms with van der Waals surface area (Å²) in [6.45, 7) is 3.26. The zero-order valence-electron chi connectivity index (χ0n) is 13.5. The monoisotopic (exact) mass is 305 g/mol. The molecule has 0 amide bonds. The van der Waals surface area contributed by atoms with Gasteiger partial charge in [-0.1, -0.05) is 30.3 Å². The van der Waals surface area contributed by atoms with E-state index in [-0.39, 0.29) is 12.1 Å². The second kappa shape index (κ2) is 7.09. The summed E-state index contributed by atoms with van der Waals surface area (Å²) < 4.78 is 10.7. The maximum absolute atomic E-state index is 10.4. The van der Waals surface area contributed by atoms with Gasteiger partial charge in [-0.3, -0.25) is 4.90 Å². The molecule has 0 spiro atoms. The molecule has 2 heterocycles. The Bertz CT molecular complexity index is 467. The van der Waals surface area contributed by atoms with E-state index < -0.39 is 0 Å². The highest BCUT2D eigenvalue weighted by Gasteiger charge is 2.48. The van der Waals surface area contributed by atoms with E-state index in [4.69, 9.17) is 9.47 Å². The molecule has 22 heavy (non-hydrogen) atoms. The molecule has 1 aliphatic carbocycles. The van der Waals surface area contributed by atoms with Crippen LogP contribution in [-0.4, -0.2) is 48.7 Å². The fraction of sp³-hybridized carbons (Fsp3) is 0.667. The van der Waals surface area contributed by atoms with Crippen molar-refractivity contribution in [3.05, 3.63) is 35.9 Å². The minimum atomic E-state index is -0.205. The van der Waals surface area contributed by atoms with Gasteiger partial charge in [0.1, 0.15) is 6.79 Å². The molecule has 2 bridgehead atoms. The molecule has 2 saturated heterocycles. The first kappa shape index (κ1) is 15.9. The van der Waals surface area contributed by atoms with Crippen LogP contribution in [0.25, 0.3) is 0 Å². The quantitative estimate of drug-likeness (QED) is 0.648. The number of hydrogen-bond donors (Lipinski definition) is 1. The fourth-order valence-corrected chi connectivity index (χ4v) is 4.30. The van der Waals surface area contributed by atoms with Crippen LogP contribution in [-0.2, 0) is 9.47 Å². The Morgan fingerprint density at radius 3 is 2.73 bits per heavy atom. The Morgan fingerprint density at radius 2 is 2.05 bits per heavy atom. The normalized spacial score (nSPS) is 33.0. The van der Waals surface area contributed by atoms with E-state index in [0.717, 1.165) is 12.8 Å². The van der Waals surface area contributed by atoms with Crippen LogP contribution >= 0.6 is 0 Å². The second-order valence-corrected chi connectivity index (χ2v) is 6.59. The Balaban J connectivity index is 1.80. The number of aliphatic hydroxyl groups is 1. The molecule has 4 unspecified atom stereocenters. The average molecular weight is 305 g/mol. The highest BCUT2D eigenvalue weighted by atomic mass is 16.7. The number of nitrogens with zero attached hydrogens (tertiary/aromatic N) is 1. The zero-order valence-corrected chi connectivity index (χ0v) is 13.5. The number of hydrogen-bond acceptors (Lipinski definition) is 4. The zero-order chi connectivity index (χ0) is 15.5. The van der Waals surface area contributed by atoms with Crippen LogP contribution in [0.4, 0.5) is 0 Å². The molecule has 5 atom stereocenters. The molecule has 1 saturated carbocycles. The number of fused-ring (bicyclic) bond motifs is 3. The van der Waals surface area contributed by atoms with Crippen molar-refractivity contribution in [2.45, 2.75) is 50.4 Å². The highest BCUT2D eigenvalue weighted by molar-refractivity contribution is 5.20. The molecule has 4 rings (SSSR count). The molecular weight excluding hydrogens is 278 g/mol. The smallest absolute Gasteiger partial charge is 0.146 e. The van der Waals surface area contributed by atoms with Crippen LogP contribution in [0.15, 0.2) is 30.3 Å². The summed E-state index contributed by atoms with van der Waals surface area (Å²) in [5.41, 5.74) is 1.30. The van der Waals surface area contributed by atoms with E-state index in [2.05, 4.69) is 36.1 Å². The Hall–Kier alpha value is -0.940.